The average Bonchev–Trinajstić information content (AvgIpc) is 2.66. The highest BCUT2D eigenvalue weighted by molar-refractivity contribution is 5.86. The fraction of sp³-hybridized carbons (Fsp3) is 0.0625. The minimum atomic E-state index is -0.592. The minimum Gasteiger partial charge on any atom is -0.504 e. The molecule has 0 bridgehead atoms. The van der Waals surface area contributed by atoms with E-state index in [1.54, 1.807) is 7.05 Å². The van der Waals surface area contributed by atoms with E-state index in [2.05, 4.69) is 20.7 Å². The summed E-state index contributed by atoms with van der Waals surface area (Å²) in [5, 5.41) is 65.2. The number of nitrogens with zero attached hydrogens (tertiary/aromatic N) is 3. The monoisotopic (exact) mass is 377 g/mol. The number of nitrogens with one attached hydrogen (secondary N) is 1. The number of phenolic OH excluding ortho intramolecular Hbond substituents is 6. The Labute approximate surface area is 153 Å². The Morgan fingerprint density at radius 3 is 1.67 bits per heavy atom. The SMILES string of the molecule is CN/N=C/c1ccc(O)c(O)c1O.N/C=N\N=C\c1ccc(O)c(O)c1O. The molecule has 2 aromatic rings. The first kappa shape index (κ1) is 20.9. The Morgan fingerprint density at radius 2 is 1.22 bits per heavy atom. The molecule has 11 nitrogen and oxygen atoms in total. The highest BCUT2D eigenvalue weighted by Crippen LogP contribution is 2.36. The summed E-state index contributed by atoms with van der Waals surface area (Å²) in [6.07, 6.45) is 3.50. The second-order valence-corrected chi connectivity index (χ2v) is 4.73. The molecule has 0 aromatic heterocycles. The highest BCUT2D eigenvalue weighted by Gasteiger charge is 2.09. The van der Waals surface area contributed by atoms with Crippen LogP contribution in [0.1, 0.15) is 11.1 Å². The summed E-state index contributed by atoms with van der Waals surface area (Å²) in [6, 6.07) is 5.31. The summed E-state index contributed by atoms with van der Waals surface area (Å²) in [4.78, 5) is 0. The minimum absolute atomic E-state index is 0.228. The van der Waals surface area contributed by atoms with Crippen LogP contribution in [0, 0.1) is 0 Å². The zero-order valence-corrected chi connectivity index (χ0v) is 14.1. The zero-order valence-electron chi connectivity index (χ0n) is 14.1. The van der Waals surface area contributed by atoms with Crippen LogP contribution < -0.4 is 11.2 Å². The maximum absolute atomic E-state index is 9.29. The molecule has 0 atom stereocenters. The van der Waals surface area contributed by atoms with Gasteiger partial charge in [0.15, 0.2) is 23.0 Å². The molecule has 0 amide bonds. The van der Waals surface area contributed by atoms with Crippen molar-refractivity contribution in [2.45, 2.75) is 0 Å². The Kier molecular flexibility index (Phi) is 7.72. The fourth-order valence-electron chi connectivity index (χ4n) is 1.65. The topological polar surface area (TPSA) is 197 Å². The Balaban J connectivity index is 0.000000271. The molecule has 144 valence electrons. The Hall–Kier alpha value is -4.15. The van der Waals surface area contributed by atoms with Gasteiger partial charge in [0, 0.05) is 18.2 Å². The Morgan fingerprint density at radius 1 is 0.741 bits per heavy atom. The molecule has 0 radical (unpaired) electrons. The lowest BCUT2D eigenvalue weighted by atomic mass is 10.2. The van der Waals surface area contributed by atoms with Crippen molar-refractivity contribution < 1.29 is 30.6 Å². The number of aromatic hydroxyl groups is 6. The van der Waals surface area contributed by atoms with E-state index in [-0.39, 0.29) is 17.1 Å². The number of phenols is 6. The van der Waals surface area contributed by atoms with Crippen LogP contribution in [-0.2, 0) is 0 Å². The van der Waals surface area contributed by atoms with Crippen molar-refractivity contribution in [2.75, 3.05) is 7.05 Å². The normalized spacial score (nSPS) is 11.0. The van der Waals surface area contributed by atoms with Crippen molar-refractivity contribution >= 4 is 18.8 Å². The number of hydrogen-bond donors (Lipinski definition) is 8. The molecule has 0 aliphatic rings. The summed E-state index contributed by atoms with van der Waals surface area (Å²) in [7, 11) is 1.60. The predicted octanol–water partition coefficient (Wildman–Crippen LogP) is 0.481. The van der Waals surface area contributed by atoms with Gasteiger partial charge in [-0.2, -0.15) is 10.2 Å². The average molecular weight is 377 g/mol. The van der Waals surface area contributed by atoms with E-state index in [1.165, 1.54) is 36.7 Å². The molecule has 27 heavy (non-hydrogen) atoms. The van der Waals surface area contributed by atoms with Gasteiger partial charge in [-0.25, -0.2) is 0 Å². The molecule has 0 heterocycles. The molecule has 0 aliphatic heterocycles. The van der Waals surface area contributed by atoms with Crippen LogP contribution in [-0.4, -0.2) is 56.5 Å². The van der Waals surface area contributed by atoms with Crippen molar-refractivity contribution in [3.63, 3.8) is 0 Å². The molecule has 0 unspecified atom stereocenters. The van der Waals surface area contributed by atoms with E-state index in [0.717, 1.165) is 6.34 Å². The van der Waals surface area contributed by atoms with Crippen molar-refractivity contribution in [3.05, 3.63) is 35.4 Å². The number of rotatable bonds is 4. The molecule has 0 spiro atoms. The largest absolute Gasteiger partial charge is 0.504 e. The standard InChI is InChI=1S/C8H9N3O3.C8H10N2O3/c9-4-11-10-3-5-1-2-6(12)8(14)7(5)13;1-9-10-4-5-2-3-6(11)8(13)7(5)12/h1-4,12-14H,(H2,9,11);2-4,9,11-13H,1H3/b10-3+;10-4+. The number of nitrogens with two attached hydrogens (primary N) is 1. The maximum Gasteiger partial charge on any atom is 0.200 e. The van der Waals surface area contributed by atoms with Gasteiger partial charge in [-0.3, -0.25) is 0 Å². The van der Waals surface area contributed by atoms with Crippen LogP contribution in [0.4, 0.5) is 0 Å². The number of benzene rings is 2. The van der Waals surface area contributed by atoms with E-state index in [1.807, 2.05) is 0 Å². The van der Waals surface area contributed by atoms with Crippen molar-refractivity contribution in [1.29, 1.82) is 0 Å². The van der Waals surface area contributed by atoms with Gasteiger partial charge in [0.1, 0.15) is 6.34 Å². The van der Waals surface area contributed by atoms with E-state index in [9.17, 15) is 10.2 Å². The molecule has 11 heteroatoms. The predicted molar refractivity (Wildman–Crippen MR) is 99.8 cm³/mol. The van der Waals surface area contributed by atoms with Crippen molar-refractivity contribution in [1.82, 2.24) is 5.43 Å². The first-order valence-electron chi connectivity index (χ1n) is 7.27. The third kappa shape index (κ3) is 5.70. The van der Waals surface area contributed by atoms with Gasteiger partial charge in [-0.05, 0) is 24.3 Å². The first-order valence-corrected chi connectivity index (χ1v) is 7.27. The van der Waals surface area contributed by atoms with Crippen LogP contribution in [0.3, 0.4) is 0 Å². The molecule has 2 rings (SSSR count). The third-order valence-electron chi connectivity index (χ3n) is 2.99. The highest BCUT2D eigenvalue weighted by atomic mass is 16.3. The van der Waals surface area contributed by atoms with Gasteiger partial charge in [0.2, 0.25) is 11.5 Å². The van der Waals surface area contributed by atoms with Crippen LogP contribution in [0.2, 0.25) is 0 Å². The van der Waals surface area contributed by atoms with Gasteiger partial charge < -0.3 is 41.8 Å². The van der Waals surface area contributed by atoms with Gasteiger partial charge >= 0.3 is 0 Å². The van der Waals surface area contributed by atoms with Gasteiger partial charge in [-0.15, -0.1) is 5.10 Å². The molecular weight excluding hydrogens is 358 g/mol. The molecule has 2 aromatic carbocycles. The number of hydrogen-bond acceptors (Lipinski definition) is 10. The molecule has 0 saturated carbocycles. The zero-order chi connectivity index (χ0) is 20.4. The Bertz CT molecular complexity index is 867. The third-order valence-corrected chi connectivity index (χ3v) is 2.99. The van der Waals surface area contributed by atoms with Crippen LogP contribution in [0.25, 0.3) is 0 Å². The second kappa shape index (κ2) is 9.98. The van der Waals surface area contributed by atoms with E-state index >= 15 is 0 Å². The maximum atomic E-state index is 9.29. The number of hydrazone groups is 1. The summed E-state index contributed by atoms with van der Waals surface area (Å²) >= 11 is 0. The van der Waals surface area contributed by atoms with Crippen molar-refractivity contribution in [3.8, 4) is 34.5 Å². The van der Waals surface area contributed by atoms with Gasteiger partial charge in [0.25, 0.3) is 0 Å². The van der Waals surface area contributed by atoms with E-state index in [0.29, 0.717) is 5.56 Å². The summed E-state index contributed by atoms with van der Waals surface area (Å²) in [6.45, 7) is 0. The lowest BCUT2D eigenvalue weighted by Gasteiger charge is -2.02. The van der Waals surface area contributed by atoms with Crippen LogP contribution >= 0.6 is 0 Å². The van der Waals surface area contributed by atoms with Crippen molar-refractivity contribution in [2.24, 2.45) is 21.0 Å². The summed E-state index contributed by atoms with van der Waals surface area (Å²) in [5.74, 6) is -2.74. The quantitative estimate of drug-likeness (QED) is 0.163. The molecular formula is C16H19N5O6. The van der Waals surface area contributed by atoms with Gasteiger partial charge in [0.05, 0.1) is 12.4 Å². The van der Waals surface area contributed by atoms with Crippen LogP contribution in [0.15, 0.2) is 39.6 Å². The first-order chi connectivity index (χ1) is 12.8. The summed E-state index contributed by atoms with van der Waals surface area (Å²) in [5.41, 5.74) is 7.97. The summed E-state index contributed by atoms with van der Waals surface area (Å²) < 4.78 is 0. The second-order valence-electron chi connectivity index (χ2n) is 4.73. The molecule has 9 N–H and O–H groups in total. The van der Waals surface area contributed by atoms with Gasteiger partial charge in [-0.1, -0.05) is 0 Å². The van der Waals surface area contributed by atoms with E-state index < -0.39 is 23.0 Å². The lowest BCUT2D eigenvalue weighted by molar-refractivity contribution is 0.367. The lowest BCUT2D eigenvalue weighted by Crippen LogP contribution is -1.94. The molecule has 0 aliphatic carbocycles. The smallest absolute Gasteiger partial charge is 0.200 e. The van der Waals surface area contributed by atoms with E-state index in [4.69, 9.17) is 26.2 Å². The molecule has 0 fully saturated rings. The fourth-order valence-corrected chi connectivity index (χ4v) is 1.65. The molecule has 0 saturated heterocycles. The van der Waals surface area contributed by atoms with Crippen LogP contribution in [0.5, 0.6) is 34.5 Å².